The van der Waals surface area contributed by atoms with E-state index in [2.05, 4.69) is 20.7 Å². The van der Waals surface area contributed by atoms with Crippen LogP contribution in [0.1, 0.15) is 11.6 Å². The first-order valence-corrected chi connectivity index (χ1v) is 10.7. The highest BCUT2D eigenvalue weighted by Gasteiger charge is 2.17. The zero-order valence-electron chi connectivity index (χ0n) is 16.5. The molecule has 8 nitrogen and oxygen atoms in total. The Kier molecular flexibility index (Phi) is 6.54. The van der Waals surface area contributed by atoms with E-state index in [0.29, 0.717) is 33.3 Å². The molecule has 0 atom stereocenters. The normalized spacial score (nSPS) is 10.8. The molecule has 2 aromatic carbocycles. The minimum Gasteiger partial charge on any atom is -0.484 e. The quantitative estimate of drug-likeness (QED) is 0.390. The molecule has 0 aliphatic carbocycles. The van der Waals surface area contributed by atoms with Gasteiger partial charge in [-0.2, -0.15) is 0 Å². The maximum absolute atomic E-state index is 12.3. The van der Waals surface area contributed by atoms with Crippen LogP contribution in [-0.2, 0) is 11.4 Å². The average Bonchev–Trinajstić information content (AvgIpc) is 3.38. The fraction of sp³-hybridized carbons (Fsp3) is 0.143. The summed E-state index contributed by atoms with van der Waals surface area (Å²) < 4.78 is 12.7. The molecule has 2 aromatic heterocycles. The van der Waals surface area contributed by atoms with Crippen LogP contribution >= 0.6 is 23.4 Å². The largest absolute Gasteiger partial charge is 0.484 e. The number of hydrogen-bond donors (Lipinski definition) is 1. The summed E-state index contributed by atoms with van der Waals surface area (Å²) in [7, 11) is 0. The number of para-hydroxylation sites is 2. The topological polar surface area (TPSA) is 95.1 Å². The summed E-state index contributed by atoms with van der Waals surface area (Å²) in [5, 5.41) is 16.1. The number of thioether (sulfide) groups is 1. The first-order chi connectivity index (χ1) is 15.1. The maximum atomic E-state index is 12.3. The lowest BCUT2D eigenvalue weighted by Gasteiger charge is -2.11. The number of ether oxygens (including phenoxy) is 1. The van der Waals surface area contributed by atoms with Gasteiger partial charge < -0.3 is 14.6 Å². The fourth-order valence-electron chi connectivity index (χ4n) is 2.76. The Morgan fingerprint density at radius 3 is 2.68 bits per heavy atom. The Morgan fingerprint density at radius 2 is 1.94 bits per heavy atom. The summed E-state index contributed by atoms with van der Waals surface area (Å²) in [6, 6.07) is 18.5. The Bertz CT molecular complexity index is 1180. The average molecular weight is 456 g/mol. The summed E-state index contributed by atoms with van der Waals surface area (Å²) in [6.07, 6.45) is 0. The zero-order chi connectivity index (χ0) is 21.6. The van der Waals surface area contributed by atoms with Crippen molar-refractivity contribution in [3.05, 3.63) is 77.3 Å². The molecule has 1 N–H and O–H groups in total. The smallest absolute Gasteiger partial charge is 0.236 e. The van der Waals surface area contributed by atoms with Gasteiger partial charge in [0.15, 0.2) is 16.8 Å². The highest BCUT2D eigenvalue weighted by atomic mass is 35.5. The van der Waals surface area contributed by atoms with Crippen LogP contribution in [0.25, 0.3) is 5.69 Å². The molecule has 0 fully saturated rings. The molecule has 0 radical (unpaired) electrons. The summed E-state index contributed by atoms with van der Waals surface area (Å²) >= 11 is 7.44. The summed E-state index contributed by atoms with van der Waals surface area (Å²) in [6.45, 7) is 1.92. The molecule has 0 bridgehead atoms. The van der Waals surface area contributed by atoms with Crippen LogP contribution in [0.2, 0.25) is 5.02 Å². The minimum absolute atomic E-state index is 0.127. The maximum Gasteiger partial charge on any atom is 0.236 e. The van der Waals surface area contributed by atoms with E-state index in [-0.39, 0.29) is 18.3 Å². The van der Waals surface area contributed by atoms with Crippen LogP contribution in [0.15, 0.2) is 70.3 Å². The van der Waals surface area contributed by atoms with E-state index in [0.717, 1.165) is 5.69 Å². The number of carbonyl (C=O) groups excluding carboxylic acids is 1. The third-order valence-electron chi connectivity index (χ3n) is 4.14. The number of aryl methyl sites for hydroxylation is 1. The van der Waals surface area contributed by atoms with Gasteiger partial charge in [0.2, 0.25) is 5.91 Å². The molecule has 0 spiro atoms. The minimum atomic E-state index is -0.227. The van der Waals surface area contributed by atoms with Gasteiger partial charge in [-0.1, -0.05) is 58.9 Å². The van der Waals surface area contributed by atoms with Crippen LogP contribution in [-0.4, -0.2) is 31.6 Å². The molecular weight excluding hydrogens is 438 g/mol. The highest BCUT2D eigenvalue weighted by molar-refractivity contribution is 7.99. The Hall–Kier alpha value is -3.30. The van der Waals surface area contributed by atoms with E-state index in [1.54, 1.807) is 25.1 Å². The standard InChI is InChI=1S/C21H18ClN5O3S/c1-14-11-18(26-30-14)23-20(28)13-31-21-25-24-19(27(21)15-7-3-2-4-8-15)12-29-17-10-6-5-9-16(17)22/h2-11H,12-13H2,1H3,(H,23,26,28). The van der Waals surface area contributed by atoms with Gasteiger partial charge >= 0.3 is 0 Å². The molecule has 2 heterocycles. The molecule has 0 unspecified atom stereocenters. The van der Waals surface area contributed by atoms with Crippen LogP contribution in [0.4, 0.5) is 5.82 Å². The number of benzene rings is 2. The van der Waals surface area contributed by atoms with Crippen LogP contribution in [0, 0.1) is 6.92 Å². The predicted octanol–water partition coefficient (Wildman–Crippen LogP) is 4.53. The summed E-state index contributed by atoms with van der Waals surface area (Å²) in [5.74, 6) is 2.04. The molecule has 0 saturated heterocycles. The third kappa shape index (κ3) is 5.25. The van der Waals surface area contributed by atoms with Crippen molar-refractivity contribution in [2.45, 2.75) is 18.7 Å². The fourth-order valence-corrected chi connectivity index (χ4v) is 3.72. The summed E-state index contributed by atoms with van der Waals surface area (Å²) in [5.41, 5.74) is 0.861. The zero-order valence-corrected chi connectivity index (χ0v) is 18.1. The lowest BCUT2D eigenvalue weighted by Crippen LogP contribution is -2.15. The molecule has 4 aromatic rings. The van der Waals surface area contributed by atoms with E-state index in [1.165, 1.54) is 11.8 Å². The predicted molar refractivity (Wildman–Crippen MR) is 118 cm³/mol. The first kappa shape index (κ1) is 21.0. The van der Waals surface area contributed by atoms with Crippen LogP contribution < -0.4 is 10.1 Å². The van der Waals surface area contributed by atoms with Gasteiger partial charge in [0.1, 0.15) is 18.1 Å². The molecular formula is C21H18ClN5O3S. The number of nitrogens with zero attached hydrogens (tertiary/aromatic N) is 4. The SMILES string of the molecule is Cc1cc(NC(=O)CSc2nnc(COc3ccccc3Cl)n2-c2ccccc2)no1. The van der Waals surface area contributed by atoms with Gasteiger partial charge in [-0.3, -0.25) is 9.36 Å². The molecule has 0 saturated carbocycles. The van der Waals surface area contributed by atoms with Gasteiger partial charge in [0, 0.05) is 11.8 Å². The lowest BCUT2D eigenvalue weighted by molar-refractivity contribution is -0.113. The molecule has 31 heavy (non-hydrogen) atoms. The Morgan fingerprint density at radius 1 is 1.16 bits per heavy atom. The number of nitrogens with one attached hydrogen (secondary N) is 1. The number of anilines is 1. The van der Waals surface area contributed by atoms with Crippen LogP contribution in [0.3, 0.4) is 0 Å². The van der Waals surface area contributed by atoms with Gasteiger partial charge in [-0.05, 0) is 31.2 Å². The monoisotopic (exact) mass is 455 g/mol. The van der Waals surface area contributed by atoms with Crippen molar-refractivity contribution >= 4 is 35.1 Å². The lowest BCUT2D eigenvalue weighted by atomic mass is 10.3. The molecule has 10 heteroatoms. The van der Waals surface area contributed by atoms with Gasteiger partial charge in [0.25, 0.3) is 0 Å². The van der Waals surface area contributed by atoms with Crippen LogP contribution in [0.5, 0.6) is 5.75 Å². The second-order valence-corrected chi connectivity index (χ2v) is 7.80. The molecule has 158 valence electrons. The van der Waals surface area contributed by atoms with E-state index in [9.17, 15) is 4.79 Å². The molecule has 1 amide bonds. The van der Waals surface area contributed by atoms with Gasteiger partial charge in [0.05, 0.1) is 10.8 Å². The molecule has 0 aliphatic rings. The van der Waals surface area contributed by atoms with Gasteiger partial charge in [-0.15, -0.1) is 10.2 Å². The van der Waals surface area contributed by atoms with E-state index in [1.807, 2.05) is 47.0 Å². The van der Waals surface area contributed by atoms with E-state index < -0.39 is 0 Å². The number of amides is 1. The summed E-state index contributed by atoms with van der Waals surface area (Å²) in [4.78, 5) is 12.3. The Balaban J connectivity index is 1.50. The van der Waals surface area contributed by atoms with Crippen molar-refractivity contribution in [3.63, 3.8) is 0 Å². The number of carbonyl (C=O) groups is 1. The van der Waals surface area contributed by atoms with Crippen molar-refractivity contribution in [2.24, 2.45) is 0 Å². The number of aromatic nitrogens is 4. The van der Waals surface area contributed by atoms with Gasteiger partial charge in [-0.25, -0.2) is 0 Å². The highest BCUT2D eigenvalue weighted by Crippen LogP contribution is 2.26. The van der Waals surface area contributed by atoms with Crippen molar-refractivity contribution < 1.29 is 14.1 Å². The molecule has 4 rings (SSSR count). The number of halogens is 1. The third-order valence-corrected chi connectivity index (χ3v) is 5.38. The number of rotatable bonds is 8. The van der Waals surface area contributed by atoms with Crippen molar-refractivity contribution in [1.29, 1.82) is 0 Å². The molecule has 0 aliphatic heterocycles. The number of hydrogen-bond acceptors (Lipinski definition) is 7. The second kappa shape index (κ2) is 9.67. The van der Waals surface area contributed by atoms with Crippen molar-refractivity contribution in [3.8, 4) is 11.4 Å². The van der Waals surface area contributed by atoms with Crippen molar-refractivity contribution in [1.82, 2.24) is 19.9 Å². The first-order valence-electron chi connectivity index (χ1n) is 9.33. The van der Waals surface area contributed by atoms with E-state index >= 15 is 0 Å². The van der Waals surface area contributed by atoms with E-state index in [4.69, 9.17) is 20.9 Å². The second-order valence-electron chi connectivity index (χ2n) is 6.45. The Labute approximate surface area is 187 Å². The van der Waals surface area contributed by atoms with Crippen molar-refractivity contribution in [2.75, 3.05) is 11.1 Å².